The zero-order valence-electron chi connectivity index (χ0n) is 20.0. The molecule has 0 spiro atoms. The van der Waals surface area contributed by atoms with Crippen LogP contribution in [-0.2, 0) is 4.79 Å². The van der Waals surface area contributed by atoms with E-state index < -0.39 is 0 Å². The van der Waals surface area contributed by atoms with Crippen LogP contribution in [0.25, 0.3) is 17.1 Å². The first-order valence-corrected chi connectivity index (χ1v) is 12.8. The van der Waals surface area contributed by atoms with Crippen molar-refractivity contribution in [1.82, 2.24) is 20.1 Å². The van der Waals surface area contributed by atoms with E-state index in [-0.39, 0.29) is 17.7 Å². The van der Waals surface area contributed by atoms with E-state index in [1.54, 1.807) is 7.11 Å². The number of thioether (sulfide) groups is 1. The van der Waals surface area contributed by atoms with Crippen LogP contribution in [0.4, 0.5) is 0 Å². The van der Waals surface area contributed by atoms with E-state index in [1.165, 1.54) is 31.0 Å². The van der Waals surface area contributed by atoms with Gasteiger partial charge in [0.15, 0.2) is 11.0 Å². The number of carbonyl (C=O) groups excluding carboxylic acids is 1. The Labute approximate surface area is 205 Å². The molecule has 0 aliphatic heterocycles. The molecule has 0 radical (unpaired) electrons. The highest BCUT2D eigenvalue weighted by atomic mass is 32.2. The molecule has 1 aliphatic carbocycles. The molecule has 1 N–H and O–H groups in total. The van der Waals surface area contributed by atoms with Gasteiger partial charge in [0.25, 0.3) is 0 Å². The molecular weight excluding hydrogens is 448 g/mol. The number of methoxy groups -OCH3 is 1. The summed E-state index contributed by atoms with van der Waals surface area (Å²) in [4.78, 5) is 12.7. The summed E-state index contributed by atoms with van der Waals surface area (Å²) < 4.78 is 13.1. The van der Waals surface area contributed by atoms with E-state index in [1.807, 2.05) is 60.0 Å². The highest BCUT2D eigenvalue weighted by molar-refractivity contribution is 7.99. The minimum absolute atomic E-state index is 0.0313. The van der Waals surface area contributed by atoms with Crippen LogP contribution in [0, 0.1) is 5.92 Å². The maximum absolute atomic E-state index is 12.7. The van der Waals surface area contributed by atoms with E-state index in [2.05, 4.69) is 22.4 Å². The molecule has 8 heteroatoms. The molecule has 3 aromatic rings. The Morgan fingerprint density at radius 2 is 1.88 bits per heavy atom. The molecular formula is C26H32N4O3S. The average Bonchev–Trinajstić information content (AvgIpc) is 3.28. The molecule has 1 heterocycles. The number of ether oxygens (including phenoxy) is 2. The Morgan fingerprint density at radius 1 is 1.12 bits per heavy atom. The summed E-state index contributed by atoms with van der Waals surface area (Å²) >= 11 is 1.39. The Kier molecular flexibility index (Phi) is 8.11. The topological polar surface area (TPSA) is 78.3 Å². The fraction of sp³-hybridized carbons (Fsp3) is 0.423. The third-order valence-corrected chi connectivity index (χ3v) is 7.11. The number of carbonyl (C=O) groups is 1. The molecule has 180 valence electrons. The average molecular weight is 481 g/mol. The molecule has 0 bridgehead atoms. The SMILES string of the molecule is CCOc1ccc(-n2c(SCC(=O)N[C@H]3CCCC[C@@H]3C)nnc2-c2ccccc2OC)cc1. The molecule has 2 atom stereocenters. The predicted octanol–water partition coefficient (Wildman–Crippen LogP) is 5.13. The van der Waals surface area contributed by atoms with Crippen LogP contribution in [0.2, 0.25) is 0 Å². The summed E-state index contributed by atoms with van der Waals surface area (Å²) in [6, 6.07) is 15.8. The van der Waals surface area contributed by atoms with Gasteiger partial charge in [-0.25, -0.2) is 0 Å². The van der Waals surface area contributed by atoms with Crippen molar-refractivity contribution in [2.75, 3.05) is 19.5 Å². The summed E-state index contributed by atoms with van der Waals surface area (Å²) in [5.41, 5.74) is 1.72. The van der Waals surface area contributed by atoms with Gasteiger partial charge in [0.1, 0.15) is 11.5 Å². The van der Waals surface area contributed by atoms with Crippen LogP contribution >= 0.6 is 11.8 Å². The summed E-state index contributed by atoms with van der Waals surface area (Å²) in [6.45, 7) is 4.79. The molecule has 1 amide bonds. The van der Waals surface area contributed by atoms with Crippen molar-refractivity contribution in [3.05, 3.63) is 48.5 Å². The maximum atomic E-state index is 12.7. The van der Waals surface area contributed by atoms with Crippen LogP contribution < -0.4 is 14.8 Å². The number of aromatic nitrogens is 3. The Bertz CT molecular complexity index is 1100. The number of nitrogens with zero attached hydrogens (tertiary/aromatic N) is 3. The minimum atomic E-state index is 0.0313. The Hall–Kier alpha value is -3.00. The van der Waals surface area contributed by atoms with Gasteiger partial charge in [0.2, 0.25) is 5.91 Å². The first-order chi connectivity index (χ1) is 16.6. The summed E-state index contributed by atoms with van der Waals surface area (Å²) in [6.07, 6.45) is 4.65. The standard InChI is InChI=1S/C26H32N4O3S/c1-4-33-20-15-13-19(14-16-20)30-25(21-10-6-8-12-23(21)32-3)28-29-26(30)34-17-24(31)27-22-11-7-5-9-18(22)2/h6,8,10,12-16,18,22H,4-5,7,9,11,17H2,1-3H3,(H,27,31)/t18-,22-/m0/s1. The van der Waals surface area contributed by atoms with E-state index in [0.717, 1.165) is 23.4 Å². The normalized spacial score (nSPS) is 17.9. The van der Waals surface area contributed by atoms with E-state index in [0.29, 0.717) is 29.3 Å². The monoisotopic (exact) mass is 480 g/mol. The number of para-hydroxylation sites is 1. The van der Waals surface area contributed by atoms with Crippen molar-refractivity contribution in [1.29, 1.82) is 0 Å². The smallest absolute Gasteiger partial charge is 0.230 e. The lowest BCUT2D eigenvalue weighted by Gasteiger charge is -2.29. The van der Waals surface area contributed by atoms with Crippen LogP contribution in [-0.4, -0.2) is 46.2 Å². The van der Waals surface area contributed by atoms with Gasteiger partial charge >= 0.3 is 0 Å². The second-order valence-corrected chi connectivity index (χ2v) is 9.44. The zero-order chi connectivity index (χ0) is 23.9. The summed E-state index contributed by atoms with van der Waals surface area (Å²) in [5.74, 6) is 3.00. The number of amides is 1. The van der Waals surface area contributed by atoms with E-state index in [9.17, 15) is 4.79 Å². The van der Waals surface area contributed by atoms with Crippen molar-refractivity contribution in [3.63, 3.8) is 0 Å². The maximum Gasteiger partial charge on any atom is 0.230 e. The van der Waals surface area contributed by atoms with Crippen LogP contribution in [0.5, 0.6) is 11.5 Å². The third-order valence-electron chi connectivity index (χ3n) is 6.18. The minimum Gasteiger partial charge on any atom is -0.496 e. The van der Waals surface area contributed by atoms with Gasteiger partial charge in [-0.05, 0) is 62.1 Å². The number of hydrogen-bond acceptors (Lipinski definition) is 6. The first-order valence-electron chi connectivity index (χ1n) is 11.8. The number of hydrogen-bond donors (Lipinski definition) is 1. The predicted molar refractivity (Wildman–Crippen MR) is 135 cm³/mol. The molecule has 0 unspecified atom stereocenters. The van der Waals surface area contributed by atoms with Crippen molar-refractivity contribution in [2.24, 2.45) is 5.92 Å². The lowest BCUT2D eigenvalue weighted by Crippen LogP contribution is -2.41. The molecule has 0 saturated heterocycles. The quantitative estimate of drug-likeness (QED) is 0.428. The second kappa shape index (κ2) is 11.4. The largest absolute Gasteiger partial charge is 0.496 e. The summed E-state index contributed by atoms with van der Waals surface area (Å²) in [7, 11) is 1.64. The molecule has 4 rings (SSSR count). The van der Waals surface area contributed by atoms with Gasteiger partial charge in [-0.2, -0.15) is 0 Å². The van der Waals surface area contributed by atoms with Gasteiger partial charge in [-0.1, -0.05) is 43.7 Å². The molecule has 1 aliphatic rings. The lowest BCUT2D eigenvalue weighted by atomic mass is 9.86. The van der Waals surface area contributed by atoms with Crippen LogP contribution in [0.3, 0.4) is 0 Å². The van der Waals surface area contributed by atoms with Gasteiger partial charge < -0.3 is 14.8 Å². The molecule has 7 nitrogen and oxygen atoms in total. The zero-order valence-corrected chi connectivity index (χ0v) is 20.8. The first kappa shape index (κ1) is 24.1. The van der Waals surface area contributed by atoms with Gasteiger partial charge in [-0.15, -0.1) is 10.2 Å². The second-order valence-electron chi connectivity index (χ2n) is 8.49. The van der Waals surface area contributed by atoms with Crippen molar-refractivity contribution in [3.8, 4) is 28.6 Å². The fourth-order valence-corrected chi connectivity index (χ4v) is 5.13. The highest BCUT2D eigenvalue weighted by Gasteiger charge is 2.24. The van der Waals surface area contributed by atoms with E-state index >= 15 is 0 Å². The highest BCUT2D eigenvalue weighted by Crippen LogP contribution is 2.33. The third kappa shape index (κ3) is 5.55. The van der Waals surface area contributed by atoms with Crippen molar-refractivity contribution < 1.29 is 14.3 Å². The van der Waals surface area contributed by atoms with Crippen LogP contribution in [0.1, 0.15) is 39.5 Å². The summed E-state index contributed by atoms with van der Waals surface area (Å²) in [5, 5.41) is 12.8. The molecule has 1 aromatic heterocycles. The van der Waals surface area contributed by atoms with Gasteiger partial charge in [0.05, 0.1) is 30.7 Å². The number of nitrogens with one attached hydrogen (secondary N) is 1. The molecule has 1 saturated carbocycles. The molecule has 34 heavy (non-hydrogen) atoms. The van der Waals surface area contributed by atoms with Crippen molar-refractivity contribution in [2.45, 2.75) is 50.7 Å². The van der Waals surface area contributed by atoms with Gasteiger partial charge in [-0.3, -0.25) is 9.36 Å². The van der Waals surface area contributed by atoms with Crippen LogP contribution in [0.15, 0.2) is 53.7 Å². The number of rotatable bonds is 9. The lowest BCUT2D eigenvalue weighted by molar-refractivity contribution is -0.119. The Balaban J connectivity index is 1.60. The van der Waals surface area contributed by atoms with E-state index in [4.69, 9.17) is 9.47 Å². The van der Waals surface area contributed by atoms with Gasteiger partial charge in [0, 0.05) is 6.04 Å². The number of benzene rings is 2. The fourth-order valence-electron chi connectivity index (χ4n) is 4.37. The molecule has 2 aromatic carbocycles. The molecule has 1 fully saturated rings. The Morgan fingerprint density at radius 3 is 2.62 bits per heavy atom. The van der Waals surface area contributed by atoms with Crippen molar-refractivity contribution >= 4 is 17.7 Å².